The Kier molecular flexibility index (Phi) is 5.45. The fraction of sp³-hybridized carbons (Fsp3) is 0.429. The van der Waals surface area contributed by atoms with Crippen LogP contribution in [-0.4, -0.2) is 11.4 Å². The molecule has 16 heavy (non-hydrogen) atoms. The quantitative estimate of drug-likeness (QED) is 0.452. The molecule has 2 heteroatoms. The van der Waals surface area contributed by atoms with Crippen molar-refractivity contribution < 1.29 is 9.84 Å². The minimum atomic E-state index is -0.719. The summed E-state index contributed by atoms with van der Waals surface area (Å²) in [6, 6.07) is 7.15. The number of terminal acetylenes is 1. The van der Waals surface area contributed by atoms with E-state index in [1.54, 1.807) is 24.3 Å². The molecule has 2 nitrogen and oxygen atoms in total. The van der Waals surface area contributed by atoms with Gasteiger partial charge in [-0.3, -0.25) is 0 Å². The number of aliphatic hydroxyl groups excluding tert-OH is 1. The summed E-state index contributed by atoms with van der Waals surface area (Å²) in [5.74, 6) is 3.19. The fourth-order valence-corrected chi connectivity index (χ4v) is 1.41. The van der Waals surface area contributed by atoms with Gasteiger partial charge < -0.3 is 9.84 Å². The molecule has 0 bridgehead atoms. The molecule has 86 valence electrons. The van der Waals surface area contributed by atoms with E-state index >= 15 is 0 Å². The van der Waals surface area contributed by atoms with Crippen LogP contribution in [0.3, 0.4) is 0 Å². The van der Waals surface area contributed by atoms with Crippen LogP contribution in [0, 0.1) is 12.3 Å². The summed E-state index contributed by atoms with van der Waals surface area (Å²) in [4.78, 5) is 0. The van der Waals surface area contributed by atoms with Gasteiger partial charge in [0.05, 0.1) is 0 Å². The Morgan fingerprint density at radius 2 is 2.00 bits per heavy atom. The Balaban J connectivity index is 2.38. The normalized spacial score (nSPS) is 11.8. The Morgan fingerprint density at radius 1 is 1.31 bits per heavy atom. The molecular formula is C14H18O2. The average molecular weight is 218 g/mol. The molecule has 1 N–H and O–H groups in total. The zero-order valence-electron chi connectivity index (χ0n) is 9.65. The minimum absolute atomic E-state index is 0.656. The van der Waals surface area contributed by atoms with Crippen LogP contribution in [0.1, 0.15) is 38.2 Å². The molecule has 0 aliphatic rings. The molecule has 0 saturated carbocycles. The van der Waals surface area contributed by atoms with E-state index in [0.717, 1.165) is 24.8 Å². The van der Waals surface area contributed by atoms with Crippen molar-refractivity contribution in [1.29, 1.82) is 0 Å². The molecule has 1 aromatic carbocycles. The summed E-state index contributed by atoms with van der Waals surface area (Å²) in [6.07, 6.45) is 8.44. The molecule has 0 heterocycles. The number of benzene rings is 1. The maximum atomic E-state index is 9.59. The van der Waals surface area contributed by atoms with E-state index in [1.807, 2.05) is 0 Å². The summed E-state index contributed by atoms with van der Waals surface area (Å²) >= 11 is 0. The number of rotatable bonds is 6. The van der Waals surface area contributed by atoms with Crippen LogP contribution in [0.25, 0.3) is 0 Å². The molecule has 0 aromatic heterocycles. The SMILES string of the molecule is C#Cc1ccc(OC(O)CCCCC)cc1. The molecule has 1 unspecified atom stereocenters. The number of hydrogen-bond acceptors (Lipinski definition) is 2. The lowest BCUT2D eigenvalue weighted by Gasteiger charge is -2.13. The smallest absolute Gasteiger partial charge is 0.197 e. The van der Waals surface area contributed by atoms with Gasteiger partial charge in [-0.25, -0.2) is 0 Å². The first-order valence-corrected chi connectivity index (χ1v) is 5.67. The van der Waals surface area contributed by atoms with Crippen LogP contribution in [0.4, 0.5) is 0 Å². The Hall–Kier alpha value is -1.46. The van der Waals surface area contributed by atoms with E-state index in [-0.39, 0.29) is 0 Å². The van der Waals surface area contributed by atoms with Gasteiger partial charge in [-0.2, -0.15) is 0 Å². The predicted octanol–water partition coefficient (Wildman–Crippen LogP) is 2.95. The third-order valence-corrected chi connectivity index (χ3v) is 2.35. The summed E-state index contributed by atoms with van der Waals surface area (Å²) in [6.45, 7) is 2.13. The van der Waals surface area contributed by atoms with E-state index < -0.39 is 6.29 Å². The third-order valence-electron chi connectivity index (χ3n) is 2.35. The Bertz CT molecular complexity index is 335. The van der Waals surface area contributed by atoms with Crippen molar-refractivity contribution in [2.75, 3.05) is 0 Å². The van der Waals surface area contributed by atoms with Crippen molar-refractivity contribution >= 4 is 0 Å². The number of unbranched alkanes of at least 4 members (excludes halogenated alkanes) is 2. The van der Waals surface area contributed by atoms with Crippen LogP contribution in [0.5, 0.6) is 5.75 Å². The first-order valence-electron chi connectivity index (χ1n) is 5.67. The monoisotopic (exact) mass is 218 g/mol. The topological polar surface area (TPSA) is 29.5 Å². The largest absolute Gasteiger partial charge is 0.465 e. The Labute approximate surface area is 97.3 Å². The van der Waals surface area contributed by atoms with Crippen molar-refractivity contribution in [3.05, 3.63) is 29.8 Å². The predicted molar refractivity (Wildman–Crippen MR) is 65.2 cm³/mol. The second-order valence-corrected chi connectivity index (χ2v) is 3.74. The summed E-state index contributed by atoms with van der Waals surface area (Å²) in [5.41, 5.74) is 0.813. The highest BCUT2D eigenvalue weighted by Crippen LogP contribution is 2.14. The maximum Gasteiger partial charge on any atom is 0.197 e. The number of ether oxygens (including phenoxy) is 1. The lowest BCUT2D eigenvalue weighted by Crippen LogP contribution is -2.15. The number of aliphatic hydroxyl groups is 1. The lowest BCUT2D eigenvalue weighted by atomic mass is 10.2. The molecule has 1 rings (SSSR count). The van der Waals surface area contributed by atoms with Crippen LogP contribution in [0.2, 0.25) is 0 Å². The van der Waals surface area contributed by atoms with Gasteiger partial charge >= 0.3 is 0 Å². The van der Waals surface area contributed by atoms with Crippen LogP contribution in [0.15, 0.2) is 24.3 Å². The van der Waals surface area contributed by atoms with Crippen molar-refractivity contribution in [2.45, 2.75) is 38.9 Å². The van der Waals surface area contributed by atoms with Crippen molar-refractivity contribution in [2.24, 2.45) is 0 Å². The van der Waals surface area contributed by atoms with Crippen LogP contribution in [-0.2, 0) is 0 Å². The van der Waals surface area contributed by atoms with Crippen molar-refractivity contribution in [1.82, 2.24) is 0 Å². The third kappa shape index (κ3) is 4.37. The zero-order chi connectivity index (χ0) is 11.8. The molecule has 0 saturated heterocycles. The van der Waals surface area contributed by atoms with Gasteiger partial charge in [-0.15, -0.1) is 6.42 Å². The van der Waals surface area contributed by atoms with Crippen LogP contribution >= 0.6 is 0 Å². The van der Waals surface area contributed by atoms with Crippen molar-refractivity contribution in [3.8, 4) is 18.1 Å². The Morgan fingerprint density at radius 3 is 2.56 bits per heavy atom. The van der Waals surface area contributed by atoms with Gasteiger partial charge in [0, 0.05) is 12.0 Å². The van der Waals surface area contributed by atoms with Gasteiger partial charge in [-0.05, 0) is 30.7 Å². The zero-order valence-corrected chi connectivity index (χ0v) is 9.65. The van der Waals surface area contributed by atoms with E-state index in [2.05, 4.69) is 12.8 Å². The van der Waals surface area contributed by atoms with E-state index in [9.17, 15) is 5.11 Å². The molecule has 0 amide bonds. The minimum Gasteiger partial charge on any atom is -0.465 e. The second kappa shape index (κ2) is 6.92. The van der Waals surface area contributed by atoms with Gasteiger partial charge in [0.25, 0.3) is 0 Å². The summed E-state index contributed by atoms with van der Waals surface area (Å²) in [5, 5.41) is 9.59. The fourth-order valence-electron chi connectivity index (χ4n) is 1.41. The van der Waals surface area contributed by atoms with Gasteiger partial charge in [0.15, 0.2) is 6.29 Å². The molecular weight excluding hydrogens is 200 g/mol. The molecule has 0 aliphatic carbocycles. The van der Waals surface area contributed by atoms with Gasteiger partial charge in [-0.1, -0.05) is 25.7 Å². The van der Waals surface area contributed by atoms with E-state index in [4.69, 9.17) is 11.2 Å². The number of hydrogen-bond donors (Lipinski definition) is 1. The highest BCUT2D eigenvalue weighted by molar-refractivity contribution is 5.36. The summed E-state index contributed by atoms with van der Waals surface area (Å²) in [7, 11) is 0. The van der Waals surface area contributed by atoms with E-state index in [1.165, 1.54) is 0 Å². The summed E-state index contributed by atoms with van der Waals surface area (Å²) < 4.78 is 5.35. The first-order chi connectivity index (χ1) is 7.76. The molecule has 0 aliphatic heterocycles. The maximum absolute atomic E-state index is 9.59. The first kappa shape index (κ1) is 12.6. The molecule has 1 aromatic rings. The molecule has 0 fully saturated rings. The second-order valence-electron chi connectivity index (χ2n) is 3.74. The highest BCUT2D eigenvalue weighted by atomic mass is 16.6. The van der Waals surface area contributed by atoms with Crippen molar-refractivity contribution in [3.63, 3.8) is 0 Å². The van der Waals surface area contributed by atoms with Gasteiger partial charge in [0.1, 0.15) is 5.75 Å². The highest BCUT2D eigenvalue weighted by Gasteiger charge is 2.04. The average Bonchev–Trinajstić information content (AvgIpc) is 2.30. The van der Waals surface area contributed by atoms with E-state index in [0.29, 0.717) is 12.2 Å². The molecule has 0 radical (unpaired) electrons. The molecule has 1 atom stereocenters. The standard InChI is InChI=1S/C14H18O2/c1-3-5-6-7-14(15)16-13-10-8-12(4-2)9-11-13/h2,8-11,14-15H,3,5-7H2,1H3. The van der Waals surface area contributed by atoms with Crippen LogP contribution < -0.4 is 4.74 Å². The molecule has 0 spiro atoms. The van der Waals surface area contributed by atoms with Gasteiger partial charge in [0.2, 0.25) is 0 Å². The lowest BCUT2D eigenvalue weighted by molar-refractivity contribution is -0.0245.